The Morgan fingerprint density at radius 1 is 0.935 bits per heavy atom. The molecule has 3 N–H and O–H groups in total. The molecule has 0 spiro atoms. The second kappa shape index (κ2) is 12.6. The van der Waals surface area contributed by atoms with Crippen LogP contribution in [0.1, 0.15) is 81.1 Å². The van der Waals surface area contributed by atoms with Crippen molar-refractivity contribution in [2.24, 2.45) is 11.8 Å². The Labute approximate surface area is 190 Å². The van der Waals surface area contributed by atoms with Gasteiger partial charge in [-0.15, -0.1) is 0 Å². The van der Waals surface area contributed by atoms with Gasteiger partial charge in [0.15, 0.2) is 8.32 Å². The average molecular weight is 459 g/mol. The quantitative estimate of drug-likeness (QED) is 0.356. The van der Waals surface area contributed by atoms with Gasteiger partial charge in [0.1, 0.15) is 18.2 Å². The van der Waals surface area contributed by atoms with E-state index in [0.29, 0.717) is 19.3 Å². The third-order valence-electron chi connectivity index (χ3n) is 6.63. The fraction of sp³-hybridized carbons (Fsp3) is 0.870. The van der Waals surface area contributed by atoms with E-state index in [0.717, 1.165) is 6.42 Å². The van der Waals surface area contributed by atoms with E-state index in [2.05, 4.69) is 44.5 Å². The van der Waals surface area contributed by atoms with Gasteiger partial charge in [0.2, 0.25) is 11.8 Å². The van der Waals surface area contributed by atoms with Gasteiger partial charge in [-0.1, -0.05) is 74.7 Å². The SMILES string of the molecule is CCC[C@H](NC(=O)[C@@H](NC(=O)[C@H](O[Si](C)(C)C(C)(C)C)[C@H](C)CC)[C@@H](C)CC)C(=O)O. The van der Waals surface area contributed by atoms with Crippen molar-refractivity contribution >= 4 is 26.1 Å². The number of hydrogen-bond donors (Lipinski definition) is 3. The number of hydrogen-bond acceptors (Lipinski definition) is 4. The summed E-state index contributed by atoms with van der Waals surface area (Å²) in [6, 6.07) is -1.78. The summed E-state index contributed by atoms with van der Waals surface area (Å²) in [4.78, 5) is 37.8. The smallest absolute Gasteiger partial charge is 0.326 e. The highest BCUT2D eigenvalue weighted by atomic mass is 28.4. The van der Waals surface area contributed by atoms with Gasteiger partial charge in [-0.05, 0) is 36.4 Å². The van der Waals surface area contributed by atoms with E-state index in [9.17, 15) is 19.5 Å². The zero-order valence-electron chi connectivity index (χ0n) is 21.3. The van der Waals surface area contributed by atoms with E-state index in [-0.39, 0.29) is 22.8 Å². The molecule has 0 aliphatic carbocycles. The van der Waals surface area contributed by atoms with E-state index in [4.69, 9.17) is 4.43 Å². The molecule has 2 amide bonds. The van der Waals surface area contributed by atoms with Crippen molar-refractivity contribution < 1.29 is 23.9 Å². The lowest BCUT2D eigenvalue weighted by Crippen LogP contribution is -2.58. The Bertz CT molecular complexity index is 603. The Morgan fingerprint density at radius 3 is 1.84 bits per heavy atom. The number of carbonyl (C=O) groups excluding carboxylic acids is 2. The molecule has 7 nitrogen and oxygen atoms in total. The molecule has 0 bridgehead atoms. The van der Waals surface area contributed by atoms with Crippen LogP contribution in [0.25, 0.3) is 0 Å². The summed E-state index contributed by atoms with van der Waals surface area (Å²) >= 11 is 0. The molecular weight excluding hydrogens is 412 g/mol. The normalized spacial score (nSPS) is 17.2. The Balaban J connectivity index is 5.71. The Kier molecular flexibility index (Phi) is 12.0. The van der Waals surface area contributed by atoms with Gasteiger partial charge in [-0.3, -0.25) is 9.59 Å². The van der Waals surface area contributed by atoms with E-state index >= 15 is 0 Å². The molecule has 0 unspecified atom stereocenters. The monoisotopic (exact) mass is 458 g/mol. The summed E-state index contributed by atoms with van der Waals surface area (Å²) in [5, 5.41) is 14.8. The lowest BCUT2D eigenvalue weighted by Gasteiger charge is -2.40. The van der Waals surface area contributed by atoms with Gasteiger partial charge >= 0.3 is 5.97 Å². The summed E-state index contributed by atoms with van der Waals surface area (Å²) in [5.74, 6) is -1.99. The largest absolute Gasteiger partial charge is 0.480 e. The van der Waals surface area contributed by atoms with Crippen molar-refractivity contribution in [3.63, 3.8) is 0 Å². The van der Waals surface area contributed by atoms with Crippen LogP contribution in [0.5, 0.6) is 0 Å². The van der Waals surface area contributed by atoms with Crippen molar-refractivity contribution in [1.29, 1.82) is 0 Å². The Morgan fingerprint density at radius 2 is 1.45 bits per heavy atom. The molecule has 182 valence electrons. The van der Waals surface area contributed by atoms with E-state index < -0.39 is 38.4 Å². The molecule has 0 aromatic heterocycles. The zero-order valence-corrected chi connectivity index (χ0v) is 22.3. The summed E-state index contributed by atoms with van der Waals surface area (Å²) in [6.45, 7) is 20.3. The third-order valence-corrected chi connectivity index (χ3v) is 11.1. The fourth-order valence-corrected chi connectivity index (χ4v) is 4.21. The van der Waals surface area contributed by atoms with Crippen LogP contribution in [0.2, 0.25) is 18.1 Å². The molecule has 31 heavy (non-hydrogen) atoms. The number of amides is 2. The van der Waals surface area contributed by atoms with Gasteiger partial charge in [-0.2, -0.15) is 0 Å². The van der Waals surface area contributed by atoms with Crippen molar-refractivity contribution in [2.45, 2.75) is 117 Å². The average Bonchev–Trinajstić information content (AvgIpc) is 2.67. The Hall–Kier alpha value is -1.41. The first kappa shape index (κ1) is 29.6. The first-order valence-electron chi connectivity index (χ1n) is 11.6. The second-order valence-electron chi connectivity index (χ2n) is 10.2. The van der Waals surface area contributed by atoms with Crippen molar-refractivity contribution in [3.8, 4) is 0 Å². The van der Waals surface area contributed by atoms with E-state index in [1.807, 2.05) is 34.6 Å². The maximum atomic E-state index is 13.3. The number of rotatable bonds is 13. The molecule has 0 heterocycles. The number of carboxylic acid groups (broad SMARTS) is 1. The molecule has 8 heteroatoms. The standard InChI is InChI=1S/C23H46N2O5Si/c1-11-14-17(22(28)29)24-20(26)18(15(4)12-2)25-21(27)19(16(5)13-3)30-31(9,10)23(6,7)8/h15-19H,11-14H2,1-10H3,(H,24,26)(H,25,27)(H,28,29)/t15-,16+,17-,18-,19+/m0/s1. The first-order chi connectivity index (χ1) is 14.1. The minimum absolute atomic E-state index is 0.0124. The topological polar surface area (TPSA) is 105 Å². The lowest BCUT2D eigenvalue weighted by atomic mass is 9.96. The zero-order chi connectivity index (χ0) is 24.6. The van der Waals surface area contributed by atoms with Gasteiger partial charge in [0.25, 0.3) is 0 Å². The fourth-order valence-electron chi connectivity index (χ4n) is 2.88. The van der Waals surface area contributed by atoms with Crippen LogP contribution in [0.3, 0.4) is 0 Å². The first-order valence-corrected chi connectivity index (χ1v) is 14.5. The van der Waals surface area contributed by atoms with Gasteiger partial charge < -0.3 is 20.2 Å². The number of nitrogens with one attached hydrogen (secondary N) is 2. The lowest BCUT2D eigenvalue weighted by molar-refractivity contribution is -0.143. The molecular formula is C23H46N2O5Si. The minimum atomic E-state index is -2.21. The van der Waals surface area contributed by atoms with Crippen molar-refractivity contribution in [1.82, 2.24) is 10.6 Å². The minimum Gasteiger partial charge on any atom is -0.480 e. The highest BCUT2D eigenvalue weighted by Crippen LogP contribution is 2.38. The van der Waals surface area contributed by atoms with Crippen LogP contribution in [0.4, 0.5) is 0 Å². The molecule has 0 aromatic carbocycles. The summed E-state index contributed by atoms with van der Waals surface area (Å²) in [5.41, 5.74) is 0. The maximum absolute atomic E-state index is 13.3. The van der Waals surface area contributed by atoms with E-state index in [1.54, 1.807) is 0 Å². The molecule has 0 aliphatic heterocycles. The summed E-state index contributed by atoms with van der Waals surface area (Å²) < 4.78 is 6.47. The molecule has 0 saturated heterocycles. The molecule has 5 atom stereocenters. The molecule has 0 fully saturated rings. The van der Waals surface area contributed by atoms with Gasteiger partial charge in [0.05, 0.1) is 0 Å². The van der Waals surface area contributed by atoms with Crippen LogP contribution < -0.4 is 10.6 Å². The van der Waals surface area contributed by atoms with Crippen LogP contribution in [-0.2, 0) is 18.8 Å². The molecule has 0 rings (SSSR count). The highest BCUT2D eigenvalue weighted by molar-refractivity contribution is 6.74. The van der Waals surface area contributed by atoms with Crippen molar-refractivity contribution in [3.05, 3.63) is 0 Å². The number of aliphatic carboxylic acids is 1. The summed E-state index contributed by atoms with van der Waals surface area (Å²) in [7, 11) is -2.21. The van der Waals surface area contributed by atoms with Crippen LogP contribution in [-0.4, -0.2) is 49.4 Å². The van der Waals surface area contributed by atoms with Gasteiger partial charge in [-0.25, -0.2) is 4.79 Å². The predicted octanol–water partition coefficient (Wildman–Crippen LogP) is 4.32. The van der Waals surface area contributed by atoms with E-state index in [1.165, 1.54) is 0 Å². The molecule has 0 saturated carbocycles. The molecule has 0 aromatic rings. The van der Waals surface area contributed by atoms with Gasteiger partial charge in [0, 0.05) is 0 Å². The number of carboxylic acids is 1. The van der Waals surface area contributed by atoms with Crippen LogP contribution in [0, 0.1) is 11.8 Å². The highest BCUT2D eigenvalue weighted by Gasteiger charge is 2.42. The maximum Gasteiger partial charge on any atom is 0.326 e. The summed E-state index contributed by atoms with van der Waals surface area (Å²) in [6.07, 6.45) is 1.75. The predicted molar refractivity (Wildman–Crippen MR) is 127 cm³/mol. The molecule has 0 radical (unpaired) electrons. The van der Waals surface area contributed by atoms with Crippen LogP contribution in [0.15, 0.2) is 0 Å². The third kappa shape index (κ3) is 8.92. The molecule has 0 aliphatic rings. The van der Waals surface area contributed by atoms with Crippen molar-refractivity contribution in [2.75, 3.05) is 0 Å². The number of carbonyl (C=O) groups is 3. The van der Waals surface area contributed by atoms with Crippen LogP contribution >= 0.6 is 0 Å². The second-order valence-corrected chi connectivity index (χ2v) is 15.0.